The topological polar surface area (TPSA) is 42.1 Å². The number of ether oxygens (including phenoxy) is 1. The van der Waals surface area contributed by atoms with E-state index in [2.05, 4.69) is 27.6 Å². The van der Waals surface area contributed by atoms with Crippen LogP contribution in [0.15, 0.2) is 24.4 Å². The number of fused-ring (bicyclic) bond motifs is 1. The molecule has 0 amide bonds. The zero-order valence-corrected chi connectivity index (χ0v) is 12.2. The van der Waals surface area contributed by atoms with Crippen LogP contribution >= 0.6 is 22.6 Å². The van der Waals surface area contributed by atoms with Crippen molar-refractivity contribution in [3.05, 3.63) is 33.5 Å². The largest absolute Gasteiger partial charge is 0.456 e. The van der Waals surface area contributed by atoms with E-state index in [4.69, 9.17) is 4.74 Å². The normalized spacial score (nSPS) is 11.8. The Morgan fingerprint density at radius 2 is 2.06 bits per heavy atom. The number of esters is 1. The Morgan fingerprint density at radius 3 is 2.71 bits per heavy atom. The van der Waals surface area contributed by atoms with Crippen molar-refractivity contribution in [1.29, 1.82) is 0 Å². The minimum atomic E-state index is -0.461. The molecule has 1 N–H and O–H groups in total. The molecule has 0 bridgehead atoms. The van der Waals surface area contributed by atoms with Gasteiger partial charge < -0.3 is 9.72 Å². The fourth-order valence-corrected chi connectivity index (χ4v) is 2.15. The van der Waals surface area contributed by atoms with Gasteiger partial charge in [-0.05, 0) is 61.6 Å². The molecule has 0 unspecified atom stereocenters. The Labute approximate surface area is 114 Å². The van der Waals surface area contributed by atoms with Crippen LogP contribution < -0.4 is 0 Å². The Bertz CT molecular complexity index is 566. The highest BCUT2D eigenvalue weighted by molar-refractivity contribution is 14.1. The van der Waals surface area contributed by atoms with Crippen LogP contribution in [-0.4, -0.2) is 16.6 Å². The number of benzene rings is 1. The number of carbonyl (C=O) groups is 1. The van der Waals surface area contributed by atoms with E-state index >= 15 is 0 Å². The summed E-state index contributed by atoms with van der Waals surface area (Å²) in [5, 5.41) is 1.05. The van der Waals surface area contributed by atoms with Crippen LogP contribution in [0.1, 0.15) is 31.1 Å². The molecular formula is C13H14INO2. The third kappa shape index (κ3) is 2.80. The number of hydrogen-bond acceptors (Lipinski definition) is 2. The molecule has 0 aliphatic carbocycles. The predicted octanol–water partition coefficient (Wildman–Crippen LogP) is 3.73. The monoisotopic (exact) mass is 343 g/mol. The molecule has 0 saturated heterocycles. The molecule has 0 atom stereocenters. The summed E-state index contributed by atoms with van der Waals surface area (Å²) in [6.07, 6.45) is 1.92. The van der Waals surface area contributed by atoms with Crippen LogP contribution in [0.4, 0.5) is 0 Å². The number of aromatic amines is 1. The maximum absolute atomic E-state index is 11.9. The Kier molecular flexibility index (Phi) is 3.16. The summed E-state index contributed by atoms with van der Waals surface area (Å²) < 4.78 is 6.44. The van der Waals surface area contributed by atoms with Crippen molar-refractivity contribution in [2.45, 2.75) is 26.4 Å². The molecule has 1 heterocycles. The van der Waals surface area contributed by atoms with Crippen molar-refractivity contribution in [2.75, 3.05) is 0 Å². The third-order valence-electron chi connectivity index (χ3n) is 2.27. The van der Waals surface area contributed by atoms with Gasteiger partial charge >= 0.3 is 5.97 Å². The molecule has 90 valence electrons. The van der Waals surface area contributed by atoms with Gasteiger partial charge in [0.05, 0.1) is 5.56 Å². The van der Waals surface area contributed by atoms with Crippen molar-refractivity contribution in [3.63, 3.8) is 0 Å². The average molecular weight is 343 g/mol. The standard InChI is InChI=1S/C13H14INO2/c1-13(2,3)17-12(16)8-4-5-11-9(6-8)10(14)7-15-11/h4-7,15H,1-3H3. The highest BCUT2D eigenvalue weighted by Crippen LogP contribution is 2.22. The summed E-state index contributed by atoms with van der Waals surface area (Å²) >= 11 is 2.24. The van der Waals surface area contributed by atoms with Gasteiger partial charge in [0, 0.05) is 20.7 Å². The van der Waals surface area contributed by atoms with Crippen LogP contribution in [0, 0.1) is 3.57 Å². The molecule has 1 aromatic carbocycles. The van der Waals surface area contributed by atoms with Crippen LogP contribution in [-0.2, 0) is 4.74 Å². The van der Waals surface area contributed by atoms with E-state index in [9.17, 15) is 4.79 Å². The second-order valence-electron chi connectivity index (χ2n) is 4.90. The van der Waals surface area contributed by atoms with Crippen LogP contribution in [0.3, 0.4) is 0 Å². The summed E-state index contributed by atoms with van der Waals surface area (Å²) in [6.45, 7) is 5.59. The first-order chi connectivity index (χ1) is 7.87. The van der Waals surface area contributed by atoms with Gasteiger partial charge in [0.2, 0.25) is 0 Å². The maximum atomic E-state index is 11.9. The quantitative estimate of drug-likeness (QED) is 0.633. The molecule has 1 aromatic heterocycles. The van der Waals surface area contributed by atoms with Gasteiger partial charge in [-0.3, -0.25) is 0 Å². The van der Waals surface area contributed by atoms with Gasteiger partial charge in [-0.1, -0.05) is 0 Å². The first kappa shape index (κ1) is 12.4. The van der Waals surface area contributed by atoms with Crippen molar-refractivity contribution >= 4 is 39.5 Å². The van der Waals surface area contributed by atoms with Gasteiger partial charge in [0.15, 0.2) is 0 Å². The Morgan fingerprint density at radius 1 is 1.35 bits per heavy atom. The van der Waals surface area contributed by atoms with E-state index in [1.165, 1.54) is 0 Å². The summed E-state index contributed by atoms with van der Waals surface area (Å²) in [4.78, 5) is 15.0. The average Bonchev–Trinajstić information content (AvgIpc) is 2.57. The zero-order chi connectivity index (χ0) is 12.6. The molecule has 2 rings (SSSR count). The number of carbonyl (C=O) groups excluding carboxylic acids is 1. The minimum absolute atomic E-state index is 0.281. The second kappa shape index (κ2) is 4.33. The minimum Gasteiger partial charge on any atom is -0.456 e. The van der Waals surface area contributed by atoms with Crippen molar-refractivity contribution < 1.29 is 9.53 Å². The summed E-state index contributed by atoms with van der Waals surface area (Å²) in [5.41, 5.74) is 1.16. The number of hydrogen-bond donors (Lipinski definition) is 1. The molecule has 2 aromatic rings. The lowest BCUT2D eigenvalue weighted by atomic mass is 10.1. The van der Waals surface area contributed by atoms with Crippen LogP contribution in [0.25, 0.3) is 10.9 Å². The predicted molar refractivity (Wildman–Crippen MR) is 76.2 cm³/mol. The van der Waals surface area contributed by atoms with Crippen LogP contribution in [0.5, 0.6) is 0 Å². The SMILES string of the molecule is CC(C)(C)OC(=O)c1ccc2[nH]cc(I)c2c1. The van der Waals surface area contributed by atoms with Gasteiger partial charge in [-0.15, -0.1) is 0 Å². The summed E-state index contributed by atoms with van der Waals surface area (Å²) in [7, 11) is 0. The fraction of sp³-hybridized carbons (Fsp3) is 0.308. The number of aromatic nitrogens is 1. The lowest BCUT2D eigenvalue weighted by molar-refractivity contribution is 0.00697. The van der Waals surface area contributed by atoms with Gasteiger partial charge in [0.25, 0.3) is 0 Å². The molecular weight excluding hydrogens is 329 g/mol. The van der Waals surface area contributed by atoms with Gasteiger partial charge in [-0.25, -0.2) is 4.79 Å². The highest BCUT2D eigenvalue weighted by atomic mass is 127. The Hall–Kier alpha value is -1.04. The molecule has 0 spiro atoms. The number of halogens is 1. The highest BCUT2D eigenvalue weighted by Gasteiger charge is 2.18. The van der Waals surface area contributed by atoms with Crippen molar-refractivity contribution in [1.82, 2.24) is 4.98 Å². The lowest BCUT2D eigenvalue weighted by Crippen LogP contribution is -2.23. The molecule has 17 heavy (non-hydrogen) atoms. The molecule has 0 saturated carbocycles. The third-order valence-corrected chi connectivity index (χ3v) is 3.16. The molecule has 0 aliphatic rings. The second-order valence-corrected chi connectivity index (χ2v) is 6.06. The van der Waals surface area contributed by atoms with E-state index in [1.54, 1.807) is 6.07 Å². The first-order valence-corrected chi connectivity index (χ1v) is 6.45. The number of nitrogens with one attached hydrogen (secondary N) is 1. The molecule has 0 fully saturated rings. The molecule has 0 radical (unpaired) electrons. The lowest BCUT2D eigenvalue weighted by Gasteiger charge is -2.19. The fourth-order valence-electron chi connectivity index (χ4n) is 1.55. The van der Waals surface area contributed by atoms with Crippen molar-refractivity contribution in [2.24, 2.45) is 0 Å². The zero-order valence-electron chi connectivity index (χ0n) is 10.0. The number of H-pyrrole nitrogens is 1. The molecule has 0 aliphatic heterocycles. The van der Waals surface area contributed by atoms with Gasteiger partial charge in [-0.2, -0.15) is 0 Å². The van der Waals surface area contributed by atoms with Crippen LogP contribution in [0.2, 0.25) is 0 Å². The smallest absolute Gasteiger partial charge is 0.338 e. The van der Waals surface area contributed by atoms with E-state index in [-0.39, 0.29) is 5.97 Å². The van der Waals surface area contributed by atoms with Gasteiger partial charge in [0.1, 0.15) is 5.60 Å². The Balaban J connectivity index is 2.36. The van der Waals surface area contributed by atoms with E-state index in [1.807, 2.05) is 39.1 Å². The molecule has 3 nitrogen and oxygen atoms in total. The van der Waals surface area contributed by atoms with E-state index in [0.29, 0.717) is 5.56 Å². The van der Waals surface area contributed by atoms with E-state index in [0.717, 1.165) is 14.5 Å². The molecule has 4 heteroatoms. The summed E-state index contributed by atoms with van der Waals surface area (Å²) in [6, 6.07) is 5.54. The number of rotatable bonds is 1. The maximum Gasteiger partial charge on any atom is 0.338 e. The first-order valence-electron chi connectivity index (χ1n) is 5.37. The summed E-state index contributed by atoms with van der Waals surface area (Å²) in [5.74, 6) is -0.281. The van der Waals surface area contributed by atoms with E-state index < -0.39 is 5.60 Å². The van der Waals surface area contributed by atoms with Crippen molar-refractivity contribution in [3.8, 4) is 0 Å².